The lowest BCUT2D eigenvalue weighted by Crippen LogP contribution is -2.50. The number of hydrogen-bond acceptors (Lipinski definition) is 5. The number of nitrogens with zero attached hydrogens (tertiary/aromatic N) is 2. The number of ether oxygens (including phenoxy) is 1. The Bertz CT molecular complexity index is 490. The number of aliphatic hydroxyl groups is 2. The number of β-amino-alcohol motifs (C(OH)–C–C–N with tert-alkyl or cyclic N) is 2. The Hall–Kier alpha value is -1.14. The van der Waals surface area contributed by atoms with Crippen LogP contribution in [0.4, 0.5) is 0 Å². The third-order valence-electron chi connectivity index (χ3n) is 4.83. The Kier molecular flexibility index (Phi) is 6.63. The van der Waals surface area contributed by atoms with Gasteiger partial charge in [-0.25, -0.2) is 0 Å². The van der Waals surface area contributed by atoms with E-state index in [-0.39, 0.29) is 11.5 Å². The van der Waals surface area contributed by atoms with Crippen molar-refractivity contribution in [3.63, 3.8) is 0 Å². The van der Waals surface area contributed by atoms with Crippen LogP contribution in [0.5, 0.6) is 5.75 Å². The van der Waals surface area contributed by atoms with Crippen molar-refractivity contribution >= 4 is 0 Å². The molecule has 1 aliphatic heterocycles. The third kappa shape index (κ3) is 5.45. The highest BCUT2D eigenvalue weighted by Crippen LogP contribution is 2.21. The van der Waals surface area contributed by atoms with Gasteiger partial charge in [-0.2, -0.15) is 0 Å². The molecule has 0 saturated carbocycles. The summed E-state index contributed by atoms with van der Waals surface area (Å²) in [6.07, 6.45) is -0.795. The zero-order valence-corrected chi connectivity index (χ0v) is 15.4. The van der Waals surface area contributed by atoms with E-state index in [0.29, 0.717) is 6.54 Å². The predicted molar refractivity (Wildman–Crippen MR) is 96.3 cm³/mol. The summed E-state index contributed by atoms with van der Waals surface area (Å²) in [5.41, 5.74) is 0.836. The Morgan fingerprint density at radius 1 is 0.958 bits per heavy atom. The van der Waals surface area contributed by atoms with Crippen molar-refractivity contribution in [1.82, 2.24) is 9.80 Å². The molecule has 1 fully saturated rings. The molecule has 5 nitrogen and oxygen atoms in total. The average Bonchev–Trinajstić information content (AvgIpc) is 2.55. The van der Waals surface area contributed by atoms with Crippen molar-refractivity contribution in [2.75, 3.05) is 46.4 Å². The summed E-state index contributed by atoms with van der Waals surface area (Å²) in [5, 5.41) is 20.7. The van der Waals surface area contributed by atoms with E-state index >= 15 is 0 Å². The van der Waals surface area contributed by atoms with E-state index in [0.717, 1.165) is 44.0 Å². The molecule has 1 saturated heterocycles. The fourth-order valence-electron chi connectivity index (χ4n) is 2.85. The van der Waals surface area contributed by atoms with Crippen LogP contribution < -0.4 is 4.74 Å². The molecule has 2 atom stereocenters. The van der Waals surface area contributed by atoms with Gasteiger partial charge in [0.1, 0.15) is 5.75 Å². The molecule has 1 heterocycles. The lowest BCUT2D eigenvalue weighted by Gasteiger charge is -2.38. The first kappa shape index (κ1) is 19.2. The lowest BCUT2D eigenvalue weighted by molar-refractivity contribution is 0.00718. The summed E-state index contributed by atoms with van der Waals surface area (Å²) in [5.74, 6) is 0.803. The molecule has 0 aromatic heterocycles. The molecule has 0 spiro atoms. The van der Waals surface area contributed by atoms with E-state index in [2.05, 4.69) is 30.6 Å². The SMILES string of the molecule is COc1ccc([C@@H](O)CN2CCN(C[C@H](O)C(C)(C)C)CC2)cc1. The highest BCUT2D eigenvalue weighted by atomic mass is 16.5. The maximum Gasteiger partial charge on any atom is 0.118 e. The minimum Gasteiger partial charge on any atom is -0.497 e. The summed E-state index contributed by atoms with van der Waals surface area (Å²) in [4.78, 5) is 4.60. The second-order valence-electron chi connectivity index (χ2n) is 7.77. The van der Waals surface area contributed by atoms with E-state index in [4.69, 9.17) is 4.74 Å². The summed E-state index contributed by atoms with van der Waals surface area (Å²) in [7, 11) is 1.64. The molecular formula is C19H32N2O3. The van der Waals surface area contributed by atoms with Crippen LogP contribution in [0.3, 0.4) is 0 Å². The van der Waals surface area contributed by atoms with Gasteiger partial charge in [-0.05, 0) is 23.1 Å². The van der Waals surface area contributed by atoms with E-state index in [1.165, 1.54) is 0 Å². The van der Waals surface area contributed by atoms with Crippen molar-refractivity contribution in [3.05, 3.63) is 29.8 Å². The molecule has 1 aromatic carbocycles. The van der Waals surface area contributed by atoms with Crippen molar-refractivity contribution < 1.29 is 14.9 Å². The van der Waals surface area contributed by atoms with Crippen LogP contribution in [-0.4, -0.2) is 72.5 Å². The minimum atomic E-state index is -0.484. The topological polar surface area (TPSA) is 56.2 Å². The van der Waals surface area contributed by atoms with Gasteiger partial charge in [-0.3, -0.25) is 9.80 Å². The molecule has 0 unspecified atom stereocenters. The van der Waals surface area contributed by atoms with Gasteiger partial charge in [0.2, 0.25) is 0 Å². The zero-order valence-electron chi connectivity index (χ0n) is 15.4. The standard InChI is InChI=1S/C19H32N2O3/c1-19(2,3)18(23)14-21-11-9-20(10-12-21)13-17(22)15-5-7-16(24-4)8-6-15/h5-8,17-18,22-23H,9-14H2,1-4H3/t17-,18-/m0/s1. The van der Waals surface area contributed by atoms with Gasteiger partial charge in [-0.15, -0.1) is 0 Å². The van der Waals surface area contributed by atoms with Crippen molar-refractivity contribution in [2.24, 2.45) is 5.41 Å². The fraction of sp³-hybridized carbons (Fsp3) is 0.684. The molecule has 5 heteroatoms. The molecule has 0 amide bonds. The van der Waals surface area contributed by atoms with E-state index < -0.39 is 6.10 Å². The quantitative estimate of drug-likeness (QED) is 0.829. The summed E-state index contributed by atoms with van der Waals surface area (Å²) in [6, 6.07) is 7.59. The maximum atomic E-state index is 10.4. The number of rotatable bonds is 6. The highest BCUT2D eigenvalue weighted by Gasteiger charge is 2.27. The normalized spacial score (nSPS) is 19.9. The maximum absolute atomic E-state index is 10.4. The molecule has 2 N–H and O–H groups in total. The molecule has 1 aromatic rings. The minimum absolute atomic E-state index is 0.0817. The van der Waals surface area contributed by atoms with Crippen LogP contribution in [0, 0.1) is 5.41 Å². The molecule has 0 radical (unpaired) electrons. The zero-order chi connectivity index (χ0) is 17.7. The third-order valence-corrected chi connectivity index (χ3v) is 4.83. The van der Waals surface area contributed by atoms with Crippen LogP contribution in [0.1, 0.15) is 32.4 Å². The van der Waals surface area contributed by atoms with Crippen molar-refractivity contribution in [1.29, 1.82) is 0 Å². The van der Waals surface area contributed by atoms with E-state index in [1.807, 2.05) is 24.3 Å². The van der Waals surface area contributed by atoms with Crippen LogP contribution in [0.15, 0.2) is 24.3 Å². The molecular weight excluding hydrogens is 304 g/mol. The first-order valence-electron chi connectivity index (χ1n) is 8.74. The number of benzene rings is 1. The van der Waals surface area contributed by atoms with Crippen LogP contribution in [0.2, 0.25) is 0 Å². The highest BCUT2D eigenvalue weighted by molar-refractivity contribution is 5.28. The van der Waals surface area contributed by atoms with Gasteiger partial charge in [0, 0.05) is 39.3 Å². The van der Waals surface area contributed by atoms with E-state index in [1.54, 1.807) is 7.11 Å². The summed E-state index contributed by atoms with van der Waals surface area (Å²) < 4.78 is 5.15. The van der Waals surface area contributed by atoms with E-state index in [9.17, 15) is 10.2 Å². The fourth-order valence-corrected chi connectivity index (χ4v) is 2.85. The lowest BCUT2D eigenvalue weighted by atomic mass is 9.89. The van der Waals surface area contributed by atoms with Gasteiger partial charge in [0.15, 0.2) is 0 Å². The molecule has 1 aliphatic rings. The molecule has 24 heavy (non-hydrogen) atoms. The molecule has 136 valence electrons. The van der Waals surface area contributed by atoms with Crippen LogP contribution in [0.25, 0.3) is 0 Å². The average molecular weight is 336 g/mol. The Morgan fingerprint density at radius 3 is 1.92 bits per heavy atom. The molecule has 0 aliphatic carbocycles. The smallest absolute Gasteiger partial charge is 0.118 e. The van der Waals surface area contributed by atoms with Crippen molar-refractivity contribution in [2.45, 2.75) is 33.0 Å². The second kappa shape index (κ2) is 8.30. The summed E-state index contributed by atoms with van der Waals surface area (Å²) >= 11 is 0. The van der Waals surface area contributed by atoms with Gasteiger partial charge in [0.05, 0.1) is 19.3 Å². The predicted octanol–water partition coefficient (Wildman–Crippen LogP) is 1.75. The Morgan fingerprint density at radius 2 is 1.46 bits per heavy atom. The van der Waals surface area contributed by atoms with Gasteiger partial charge in [-0.1, -0.05) is 32.9 Å². The first-order valence-corrected chi connectivity index (χ1v) is 8.74. The Labute approximate surface area is 145 Å². The first-order chi connectivity index (χ1) is 11.3. The monoisotopic (exact) mass is 336 g/mol. The number of hydrogen-bond donors (Lipinski definition) is 2. The van der Waals surface area contributed by atoms with Crippen LogP contribution in [-0.2, 0) is 0 Å². The number of methoxy groups -OCH3 is 1. The van der Waals surface area contributed by atoms with Crippen LogP contribution >= 0.6 is 0 Å². The summed E-state index contributed by atoms with van der Waals surface area (Å²) in [6.45, 7) is 11.3. The number of piperazine rings is 1. The van der Waals surface area contributed by atoms with Gasteiger partial charge >= 0.3 is 0 Å². The largest absolute Gasteiger partial charge is 0.497 e. The Balaban J connectivity index is 1.77. The molecule has 2 rings (SSSR count). The van der Waals surface area contributed by atoms with Gasteiger partial charge in [0.25, 0.3) is 0 Å². The number of aliphatic hydroxyl groups excluding tert-OH is 2. The second-order valence-corrected chi connectivity index (χ2v) is 7.77. The molecule has 0 bridgehead atoms. The van der Waals surface area contributed by atoms with Gasteiger partial charge < -0.3 is 14.9 Å². The van der Waals surface area contributed by atoms with Crippen molar-refractivity contribution in [3.8, 4) is 5.75 Å².